The van der Waals surface area contributed by atoms with Gasteiger partial charge in [-0.2, -0.15) is 0 Å². The van der Waals surface area contributed by atoms with Crippen molar-refractivity contribution in [2.45, 2.75) is 44.1 Å². The summed E-state index contributed by atoms with van der Waals surface area (Å²) < 4.78 is 4.82. The maximum atomic E-state index is 12.5. The number of hydrogen-bond donors (Lipinski definition) is 3. The number of carbonyl (C=O) groups is 4. The van der Waals surface area contributed by atoms with Crippen molar-refractivity contribution in [1.29, 1.82) is 0 Å². The van der Waals surface area contributed by atoms with Crippen molar-refractivity contribution < 1.29 is 23.6 Å². The highest BCUT2D eigenvalue weighted by molar-refractivity contribution is 6.07. The Bertz CT molecular complexity index is 709. The fourth-order valence-corrected chi connectivity index (χ4v) is 3.54. The van der Waals surface area contributed by atoms with Crippen LogP contribution in [0.2, 0.25) is 0 Å². The number of amides is 5. The van der Waals surface area contributed by atoms with Gasteiger partial charge in [-0.05, 0) is 25.3 Å². The lowest BCUT2D eigenvalue weighted by Gasteiger charge is -2.20. The molecule has 1 saturated heterocycles. The zero-order valence-corrected chi connectivity index (χ0v) is 15.1. The monoisotopic (exact) mass is 376 g/mol. The number of urea groups is 1. The fourth-order valence-electron chi connectivity index (χ4n) is 3.54. The van der Waals surface area contributed by atoms with E-state index in [0.29, 0.717) is 31.4 Å². The molecule has 146 valence electrons. The first kappa shape index (κ1) is 18.9. The number of nitrogens with one attached hydrogen (secondary N) is 3. The van der Waals surface area contributed by atoms with E-state index in [9.17, 15) is 19.2 Å². The second-order valence-corrected chi connectivity index (χ2v) is 6.90. The quantitative estimate of drug-likeness (QED) is 0.457. The first-order valence-electron chi connectivity index (χ1n) is 9.23. The highest BCUT2D eigenvalue weighted by atomic mass is 16.3. The molecule has 0 aromatic carbocycles. The smallest absolute Gasteiger partial charge is 0.325 e. The molecule has 2 heterocycles. The highest BCUT2D eigenvalue weighted by Gasteiger charge is 2.51. The molecule has 0 bridgehead atoms. The van der Waals surface area contributed by atoms with E-state index >= 15 is 0 Å². The van der Waals surface area contributed by atoms with Gasteiger partial charge in [0.1, 0.15) is 11.8 Å². The van der Waals surface area contributed by atoms with Crippen molar-refractivity contribution in [2.75, 3.05) is 19.6 Å². The maximum absolute atomic E-state index is 12.5. The van der Waals surface area contributed by atoms with Gasteiger partial charge in [0.05, 0.1) is 11.8 Å². The van der Waals surface area contributed by atoms with Crippen molar-refractivity contribution in [1.82, 2.24) is 20.9 Å². The minimum Gasteiger partial charge on any atom is -0.472 e. The second-order valence-electron chi connectivity index (χ2n) is 6.90. The van der Waals surface area contributed by atoms with Gasteiger partial charge >= 0.3 is 6.03 Å². The average Bonchev–Trinajstić information content (AvgIpc) is 3.37. The summed E-state index contributed by atoms with van der Waals surface area (Å²) in [6.07, 6.45) is 6.69. The van der Waals surface area contributed by atoms with Gasteiger partial charge in [-0.15, -0.1) is 0 Å². The van der Waals surface area contributed by atoms with E-state index in [2.05, 4.69) is 16.0 Å². The molecule has 2 fully saturated rings. The molecule has 9 heteroatoms. The summed E-state index contributed by atoms with van der Waals surface area (Å²) >= 11 is 0. The molecule has 1 aromatic heterocycles. The van der Waals surface area contributed by atoms with Crippen molar-refractivity contribution in [3.63, 3.8) is 0 Å². The van der Waals surface area contributed by atoms with Crippen LogP contribution < -0.4 is 16.0 Å². The van der Waals surface area contributed by atoms with E-state index in [1.165, 1.54) is 17.4 Å². The average molecular weight is 376 g/mol. The number of carbonyl (C=O) groups excluding carboxylic acids is 4. The first-order chi connectivity index (χ1) is 13.0. The van der Waals surface area contributed by atoms with E-state index in [0.717, 1.165) is 12.8 Å². The third kappa shape index (κ3) is 4.29. The lowest BCUT2D eigenvalue weighted by atomic mass is 9.98. The fraction of sp³-hybridized carbons (Fsp3) is 0.556. The molecule has 9 nitrogen and oxygen atoms in total. The number of imide groups is 1. The molecule has 0 unspecified atom stereocenters. The Labute approximate surface area is 156 Å². The molecule has 1 saturated carbocycles. The Hall–Kier alpha value is -2.84. The van der Waals surface area contributed by atoms with Gasteiger partial charge in [0, 0.05) is 26.1 Å². The van der Waals surface area contributed by atoms with Gasteiger partial charge in [0.2, 0.25) is 5.91 Å². The van der Waals surface area contributed by atoms with Crippen LogP contribution >= 0.6 is 0 Å². The van der Waals surface area contributed by atoms with Crippen LogP contribution in [0.15, 0.2) is 23.0 Å². The van der Waals surface area contributed by atoms with Crippen LogP contribution in [0, 0.1) is 0 Å². The van der Waals surface area contributed by atoms with Gasteiger partial charge in [-0.1, -0.05) is 12.8 Å². The van der Waals surface area contributed by atoms with Crippen molar-refractivity contribution in [3.8, 4) is 0 Å². The zero-order chi connectivity index (χ0) is 19.3. The minimum absolute atomic E-state index is 0.140. The van der Waals surface area contributed by atoms with Gasteiger partial charge < -0.3 is 20.4 Å². The second kappa shape index (κ2) is 8.24. The van der Waals surface area contributed by atoms with Gasteiger partial charge in [0.25, 0.3) is 11.8 Å². The van der Waals surface area contributed by atoms with Gasteiger partial charge in [-0.25, -0.2) is 4.79 Å². The standard InChI is InChI=1S/C18H24N4O5/c23-14(4-9-20-15(24)13-5-11-27-12-13)19-8-3-10-22-16(25)18(21-17(22)26)6-1-2-7-18/h5,11-12H,1-4,6-10H2,(H,19,23)(H,20,24)(H,21,26). The summed E-state index contributed by atoms with van der Waals surface area (Å²) in [5.74, 6) is -0.638. The predicted octanol–water partition coefficient (Wildman–Crippen LogP) is 0.770. The van der Waals surface area contributed by atoms with Crippen LogP contribution in [0.4, 0.5) is 4.79 Å². The molecule has 0 atom stereocenters. The van der Waals surface area contributed by atoms with Crippen LogP contribution in [0.5, 0.6) is 0 Å². The third-order valence-electron chi connectivity index (χ3n) is 5.00. The Balaban J connectivity index is 1.31. The van der Waals surface area contributed by atoms with Crippen LogP contribution in [0.1, 0.15) is 48.9 Å². The van der Waals surface area contributed by atoms with E-state index in [1.807, 2.05) is 0 Å². The molecule has 1 aliphatic heterocycles. The third-order valence-corrected chi connectivity index (χ3v) is 5.00. The summed E-state index contributed by atoms with van der Waals surface area (Å²) in [5.41, 5.74) is -0.280. The first-order valence-corrected chi connectivity index (χ1v) is 9.23. The molecule has 3 rings (SSSR count). The molecule has 2 aliphatic rings. The Morgan fingerprint density at radius 3 is 2.67 bits per heavy atom. The van der Waals surface area contributed by atoms with E-state index < -0.39 is 5.54 Å². The van der Waals surface area contributed by atoms with Crippen LogP contribution in [0.25, 0.3) is 0 Å². The van der Waals surface area contributed by atoms with E-state index in [1.54, 1.807) is 6.07 Å². The highest BCUT2D eigenvalue weighted by Crippen LogP contribution is 2.34. The SMILES string of the molecule is O=C(CCNC(=O)c1ccoc1)NCCCN1C(=O)NC2(CCCC2)C1=O. The van der Waals surface area contributed by atoms with Crippen LogP contribution in [0.3, 0.4) is 0 Å². The minimum atomic E-state index is -0.687. The number of rotatable bonds is 8. The molecular formula is C18H24N4O5. The zero-order valence-electron chi connectivity index (χ0n) is 15.1. The summed E-state index contributed by atoms with van der Waals surface area (Å²) in [4.78, 5) is 49.3. The van der Waals surface area contributed by atoms with Gasteiger partial charge in [-0.3, -0.25) is 19.3 Å². The van der Waals surface area contributed by atoms with Crippen LogP contribution in [-0.2, 0) is 9.59 Å². The molecule has 27 heavy (non-hydrogen) atoms. The number of nitrogens with zero attached hydrogens (tertiary/aromatic N) is 1. The van der Waals surface area contributed by atoms with Crippen molar-refractivity contribution in [3.05, 3.63) is 24.2 Å². The molecule has 1 spiro atoms. The lowest BCUT2D eigenvalue weighted by molar-refractivity contribution is -0.131. The number of furan rings is 1. The van der Waals surface area contributed by atoms with Crippen molar-refractivity contribution in [2.24, 2.45) is 0 Å². The molecule has 1 aromatic rings. The number of hydrogen-bond acceptors (Lipinski definition) is 5. The molecule has 5 amide bonds. The topological polar surface area (TPSA) is 121 Å². The summed E-state index contributed by atoms with van der Waals surface area (Å²) in [5, 5.41) is 8.18. The molecular weight excluding hydrogens is 352 g/mol. The summed E-state index contributed by atoms with van der Waals surface area (Å²) in [6.45, 7) is 0.855. The summed E-state index contributed by atoms with van der Waals surface area (Å²) in [6, 6.07) is 1.20. The lowest BCUT2D eigenvalue weighted by Crippen LogP contribution is -2.44. The Morgan fingerprint density at radius 1 is 1.19 bits per heavy atom. The normalized spacial score (nSPS) is 18.0. The maximum Gasteiger partial charge on any atom is 0.325 e. The largest absolute Gasteiger partial charge is 0.472 e. The summed E-state index contributed by atoms with van der Waals surface area (Å²) in [7, 11) is 0. The molecule has 3 N–H and O–H groups in total. The molecule has 1 aliphatic carbocycles. The van der Waals surface area contributed by atoms with E-state index in [-0.39, 0.29) is 43.3 Å². The molecule has 0 radical (unpaired) electrons. The Kier molecular flexibility index (Phi) is 5.78. The Morgan fingerprint density at radius 2 is 1.96 bits per heavy atom. The predicted molar refractivity (Wildman–Crippen MR) is 94.7 cm³/mol. The van der Waals surface area contributed by atoms with Crippen molar-refractivity contribution >= 4 is 23.8 Å². The van der Waals surface area contributed by atoms with E-state index in [4.69, 9.17) is 4.42 Å². The van der Waals surface area contributed by atoms with Gasteiger partial charge in [0.15, 0.2) is 0 Å². The van der Waals surface area contributed by atoms with Crippen LogP contribution in [-0.4, -0.2) is 53.8 Å².